The standard InChI is InChI=1S/C23H19N3O3S/c1-15-5-6-16(2)18(10-15)25-23-26(19(13-30-23)20-4-3-9-27-20)24-12-17-7-8-21-22(11-17)29-14-28-21/h3-13H,14H2,1-2H3. The van der Waals surface area contributed by atoms with E-state index in [4.69, 9.17) is 24.0 Å². The van der Waals surface area contributed by atoms with Gasteiger partial charge in [0, 0.05) is 5.38 Å². The normalized spacial score (nSPS) is 13.5. The van der Waals surface area contributed by atoms with Crippen LogP contribution in [-0.2, 0) is 0 Å². The van der Waals surface area contributed by atoms with E-state index >= 15 is 0 Å². The van der Waals surface area contributed by atoms with Crippen LogP contribution in [-0.4, -0.2) is 17.7 Å². The Balaban J connectivity index is 1.61. The van der Waals surface area contributed by atoms with Gasteiger partial charge >= 0.3 is 0 Å². The highest BCUT2D eigenvalue weighted by Gasteiger charge is 2.13. The molecule has 0 N–H and O–H groups in total. The molecule has 2 aromatic carbocycles. The van der Waals surface area contributed by atoms with Gasteiger partial charge in [0.05, 0.1) is 18.2 Å². The lowest BCUT2D eigenvalue weighted by Gasteiger charge is -2.03. The molecular formula is C23H19N3O3S. The van der Waals surface area contributed by atoms with Crippen LogP contribution in [0.25, 0.3) is 11.5 Å². The van der Waals surface area contributed by atoms with Crippen molar-refractivity contribution in [2.45, 2.75) is 13.8 Å². The molecule has 30 heavy (non-hydrogen) atoms. The van der Waals surface area contributed by atoms with E-state index in [1.807, 2.05) is 35.7 Å². The fourth-order valence-electron chi connectivity index (χ4n) is 3.14. The Kier molecular flexibility index (Phi) is 4.72. The first-order valence-electron chi connectivity index (χ1n) is 9.48. The highest BCUT2D eigenvalue weighted by Crippen LogP contribution is 2.32. The lowest BCUT2D eigenvalue weighted by molar-refractivity contribution is 0.174. The lowest BCUT2D eigenvalue weighted by atomic mass is 10.1. The summed E-state index contributed by atoms with van der Waals surface area (Å²) in [5, 5.41) is 6.72. The maximum atomic E-state index is 5.61. The molecule has 0 saturated carbocycles. The van der Waals surface area contributed by atoms with Crippen LogP contribution in [0.5, 0.6) is 11.5 Å². The molecule has 1 aliphatic rings. The van der Waals surface area contributed by atoms with E-state index in [1.165, 1.54) is 11.3 Å². The smallest absolute Gasteiger partial charge is 0.231 e. The van der Waals surface area contributed by atoms with Crippen molar-refractivity contribution in [2.75, 3.05) is 6.79 Å². The van der Waals surface area contributed by atoms with Gasteiger partial charge in [-0.25, -0.2) is 9.67 Å². The van der Waals surface area contributed by atoms with Gasteiger partial charge in [-0.15, -0.1) is 11.3 Å². The zero-order chi connectivity index (χ0) is 20.5. The van der Waals surface area contributed by atoms with E-state index < -0.39 is 0 Å². The minimum absolute atomic E-state index is 0.247. The van der Waals surface area contributed by atoms with Crippen molar-refractivity contribution in [3.63, 3.8) is 0 Å². The molecule has 5 rings (SSSR count). The molecule has 6 nitrogen and oxygen atoms in total. The zero-order valence-electron chi connectivity index (χ0n) is 16.5. The Morgan fingerprint density at radius 1 is 1.03 bits per heavy atom. The third-order valence-electron chi connectivity index (χ3n) is 4.76. The maximum absolute atomic E-state index is 5.61. The number of benzene rings is 2. The summed E-state index contributed by atoms with van der Waals surface area (Å²) in [7, 11) is 0. The molecule has 0 atom stereocenters. The maximum Gasteiger partial charge on any atom is 0.231 e. The molecule has 0 saturated heterocycles. The van der Waals surface area contributed by atoms with E-state index in [2.05, 4.69) is 32.0 Å². The lowest BCUT2D eigenvalue weighted by Crippen LogP contribution is -2.11. The molecule has 0 aliphatic carbocycles. The van der Waals surface area contributed by atoms with Crippen molar-refractivity contribution < 1.29 is 13.9 Å². The fourth-order valence-corrected chi connectivity index (χ4v) is 3.97. The second-order valence-electron chi connectivity index (χ2n) is 6.95. The van der Waals surface area contributed by atoms with E-state index in [0.29, 0.717) is 0 Å². The van der Waals surface area contributed by atoms with Gasteiger partial charge in [0.1, 0.15) is 5.69 Å². The summed E-state index contributed by atoms with van der Waals surface area (Å²) in [6, 6.07) is 15.8. The Morgan fingerprint density at radius 2 is 1.93 bits per heavy atom. The van der Waals surface area contributed by atoms with Gasteiger partial charge in [-0.05, 0) is 66.9 Å². The Bertz CT molecular complexity index is 1300. The van der Waals surface area contributed by atoms with Gasteiger partial charge in [-0.1, -0.05) is 12.1 Å². The van der Waals surface area contributed by atoms with Crippen molar-refractivity contribution >= 4 is 23.2 Å². The van der Waals surface area contributed by atoms with E-state index in [-0.39, 0.29) is 6.79 Å². The van der Waals surface area contributed by atoms with Crippen LogP contribution in [0.15, 0.2) is 74.7 Å². The minimum Gasteiger partial charge on any atom is -0.463 e. The Morgan fingerprint density at radius 3 is 2.80 bits per heavy atom. The average Bonchev–Trinajstić information content (AvgIpc) is 3.49. The topological polar surface area (TPSA) is 61.2 Å². The van der Waals surface area contributed by atoms with Gasteiger partial charge < -0.3 is 13.9 Å². The number of ether oxygens (including phenoxy) is 2. The summed E-state index contributed by atoms with van der Waals surface area (Å²) in [4.78, 5) is 5.64. The first-order valence-corrected chi connectivity index (χ1v) is 10.4. The number of furan rings is 1. The van der Waals surface area contributed by atoms with E-state index in [0.717, 1.165) is 50.1 Å². The number of fused-ring (bicyclic) bond motifs is 1. The van der Waals surface area contributed by atoms with Crippen LogP contribution in [0.3, 0.4) is 0 Å². The van der Waals surface area contributed by atoms with Crippen LogP contribution >= 0.6 is 11.3 Å². The third-order valence-corrected chi connectivity index (χ3v) is 5.57. The number of thiazole rings is 1. The van der Waals surface area contributed by atoms with Crippen molar-refractivity contribution in [2.24, 2.45) is 10.1 Å². The van der Waals surface area contributed by atoms with Gasteiger partial charge in [0.2, 0.25) is 11.6 Å². The Labute approximate surface area is 177 Å². The molecule has 0 bridgehead atoms. The van der Waals surface area contributed by atoms with E-state index in [1.54, 1.807) is 17.2 Å². The van der Waals surface area contributed by atoms with Crippen molar-refractivity contribution in [3.05, 3.63) is 81.7 Å². The molecule has 0 radical (unpaired) electrons. The largest absolute Gasteiger partial charge is 0.463 e. The number of hydrogen-bond donors (Lipinski definition) is 0. The monoisotopic (exact) mass is 417 g/mol. The molecular weight excluding hydrogens is 398 g/mol. The number of aromatic nitrogens is 1. The van der Waals surface area contributed by atoms with Crippen LogP contribution < -0.4 is 14.3 Å². The summed E-state index contributed by atoms with van der Waals surface area (Å²) in [6.07, 6.45) is 3.43. The molecule has 1 aliphatic heterocycles. The summed E-state index contributed by atoms with van der Waals surface area (Å²) >= 11 is 1.52. The molecule has 7 heteroatoms. The van der Waals surface area contributed by atoms with Gasteiger partial charge in [-0.2, -0.15) is 5.10 Å². The van der Waals surface area contributed by atoms with Crippen molar-refractivity contribution in [1.29, 1.82) is 0 Å². The number of nitrogens with zero attached hydrogens (tertiary/aromatic N) is 3. The predicted molar refractivity (Wildman–Crippen MR) is 117 cm³/mol. The molecule has 150 valence electrons. The van der Waals surface area contributed by atoms with E-state index in [9.17, 15) is 0 Å². The number of rotatable bonds is 4. The molecule has 2 aromatic heterocycles. The van der Waals surface area contributed by atoms with Gasteiger partial charge in [-0.3, -0.25) is 0 Å². The molecule has 0 unspecified atom stereocenters. The first-order chi connectivity index (χ1) is 14.7. The summed E-state index contributed by atoms with van der Waals surface area (Å²) in [5.41, 5.74) is 4.94. The molecule has 0 spiro atoms. The summed E-state index contributed by atoms with van der Waals surface area (Å²) in [5.74, 6) is 2.20. The molecule has 0 amide bonds. The predicted octanol–water partition coefficient (Wildman–Crippen LogP) is 5.27. The van der Waals surface area contributed by atoms with Gasteiger partial charge in [0.25, 0.3) is 0 Å². The Hall–Kier alpha value is -3.58. The van der Waals surface area contributed by atoms with Crippen LogP contribution in [0.1, 0.15) is 16.7 Å². The summed E-state index contributed by atoms with van der Waals surface area (Å²) in [6.45, 7) is 4.36. The van der Waals surface area contributed by atoms with Crippen LogP contribution in [0.2, 0.25) is 0 Å². The van der Waals surface area contributed by atoms with Gasteiger partial charge in [0.15, 0.2) is 17.3 Å². The second-order valence-corrected chi connectivity index (χ2v) is 7.79. The fraction of sp³-hybridized carbons (Fsp3) is 0.130. The molecule has 3 heterocycles. The SMILES string of the molecule is Cc1ccc(C)c(N=c2scc(-c3ccco3)n2N=Cc2ccc3c(c2)OCO3)c1. The molecule has 0 fully saturated rings. The quantitative estimate of drug-likeness (QED) is 0.425. The highest BCUT2D eigenvalue weighted by molar-refractivity contribution is 7.07. The number of aryl methyl sites for hydroxylation is 2. The highest BCUT2D eigenvalue weighted by atomic mass is 32.1. The first kappa shape index (κ1) is 18.4. The minimum atomic E-state index is 0.247. The average molecular weight is 417 g/mol. The van der Waals surface area contributed by atoms with Crippen molar-refractivity contribution in [1.82, 2.24) is 4.68 Å². The van der Waals surface area contributed by atoms with Crippen LogP contribution in [0.4, 0.5) is 5.69 Å². The summed E-state index contributed by atoms with van der Waals surface area (Å²) < 4.78 is 18.3. The zero-order valence-corrected chi connectivity index (χ0v) is 17.3. The van der Waals surface area contributed by atoms with Crippen LogP contribution in [0, 0.1) is 13.8 Å². The third kappa shape index (κ3) is 3.55. The van der Waals surface area contributed by atoms with Crippen molar-refractivity contribution in [3.8, 4) is 23.0 Å². The number of hydrogen-bond acceptors (Lipinski definition) is 6. The molecule has 4 aromatic rings. The second kappa shape index (κ2) is 7.68.